The average Bonchev–Trinajstić information content (AvgIpc) is 2.38. The van der Waals surface area contributed by atoms with Crippen LogP contribution in [0.4, 0.5) is 0 Å². The van der Waals surface area contributed by atoms with E-state index in [4.69, 9.17) is 0 Å². The van der Waals surface area contributed by atoms with E-state index in [1.807, 2.05) is 0 Å². The molecule has 0 aliphatic heterocycles. The molecule has 0 aliphatic carbocycles. The fraction of sp³-hybridized carbons (Fsp3) is 0.385. The first kappa shape index (κ1) is 10.3. The van der Waals surface area contributed by atoms with Crippen LogP contribution in [0.2, 0.25) is 0 Å². The van der Waals surface area contributed by atoms with Crippen molar-refractivity contribution < 1.29 is 0 Å². The Kier molecular flexibility index (Phi) is 2.50. The summed E-state index contributed by atoms with van der Waals surface area (Å²) >= 11 is -0.0502. The van der Waals surface area contributed by atoms with Crippen LogP contribution in [0, 0.1) is 6.92 Å². The van der Waals surface area contributed by atoms with Crippen molar-refractivity contribution in [2.45, 2.75) is 33.1 Å². The van der Waals surface area contributed by atoms with E-state index in [9.17, 15) is 0 Å². The van der Waals surface area contributed by atoms with Crippen molar-refractivity contribution in [3.8, 4) is 0 Å². The van der Waals surface area contributed by atoms with Crippen LogP contribution in [0.3, 0.4) is 0 Å². The van der Waals surface area contributed by atoms with Gasteiger partial charge in [0.1, 0.15) is 0 Å². The molecule has 0 N–H and O–H groups in total. The van der Waals surface area contributed by atoms with Gasteiger partial charge in [-0.2, -0.15) is 0 Å². The monoisotopic (exact) mass is 302 g/mol. The summed E-state index contributed by atoms with van der Waals surface area (Å²) in [6.07, 6.45) is 0. The normalized spacial score (nSPS) is 12.3. The van der Waals surface area contributed by atoms with Crippen LogP contribution in [-0.4, -0.2) is 20.4 Å². The first-order valence-electron chi connectivity index (χ1n) is 4.99. The predicted molar refractivity (Wildman–Crippen MR) is 64.3 cm³/mol. The number of hydrogen-bond donors (Lipinski definition) is 0. The van der Waals surface area contributed by atoms with Crippen LogP contribution in [0.15, 0.2) is 24.3 Å². The van der Waals surface area contributed by atoms with Gasteiger partial charge in [-0.05, 0) is 0 Å². The van der Waals surface area contributed by atoms with Crippen LogP contribution < -0.4 is 0 Å². The van der Waals surface area contributed by atoms with Crippen LogP contribution in [0.1, 0.15) is 29.9 Å². The average molecular weight is 300 g/mol. The van der Waals surface area contributed by atoms with E-state index in [0.717, 1.165) is 0 Å². The van der Waals surface area contributed by atoms with Crippen LogP contribution in [-0.2, 0) is 5.41 Å². The number of hydrogen-bond acceptors (Lipinski definition) is 0. The Morgan fingerprint density at radius 3 is 2.36 bits per heavy atom. The third-order valence-electron chi connectivity index (χ3n) is 2.52. The van der Waals surface area contributed by atoms with E-state index in [2.05, 4.69) is 52.0 Å². The molecule has 0 spiro atoms. The summed E-state index contributed by atoms with van der Waals surface area (Å²) in [7, 11) is 0. The van der Waals surface area contributed by atoms with Gasteiger partial charge < -0.3 is 0 Å². The molecular formula is C13H16Te. The Labute approximate surface area is 95.6 Å². The summed E-state index contributed by atoms with van der Waals surface area (Å²) in [4.78, 5) is 0. The van der Waals surface area contributed by atoms with Gasteiger partial charge >= 0.3 is 95.7 Å². The molecular weight excluding hydrogens is 284 g/mol. The summed E-state index contributed by atoms with van der Waals surface area (Å²) in [6, 6.07) is 8.93. The second-order valence-corrected chi connectivity index (χ2v) is 8.37. The molecule has 2 aromatic rings. The Morgan fingerprint density at radius 1 is 1.07 bits per heavy atom. The van der Waals surface area contributed by atoms with Crippen molar-refractivity contribution in [3.05, 3.63) is 33.4 Å². The van der Waals surface area contributed by atoms with E-state index in [1.54, 1.807) is 12.5 Å². The molecule has 14 heavy (non-hydrogen) atoms. The zero-order valence-electron chi connectivity index (χ0n) is 9.22. The fourth-order valence-corrected chi connectivity index (χ4v) is 5.74. The molecule has 0 nitrogen and oxygen atoms in total. The maximum atomic E-state index is 2.32. The molecule has 0 aliphatic rings. The number of aryl methyl sites for hydroxylation is 1. The Bertz CT molecular complexity index is 458. The quantitative estimate of drug-likeness (QED) is 0.653. The van der Waals surface area contributed by atoms with Crippen molar-refractivity contribution in [1.29, 1.82) is 0 Å². The molecule has 1 aromatic heterocycles. The van der Waals surface area contributed by atoms with E-state index in [0.29, 0.717) is 5.41 Å². The van der Waals surface area contributed by atoms with Crippen molar-refractivity contribution >= 4 is 29.2 Å². The molecule has 2 rings (SSSR count). The molecule has 0 radical (unpaired) electrons. The molecule has 0 atom stereocenters. The molecule has 0 amide bonds. The first-order chi connectivity index (χ1) is 6.50. The van der Waals surface area contributed by atoms with Crippen molar-refractivity contribution in [2.24, 2.45) is 0 Å². The van der Waals surface area contributed by atoms with Gasteiger partial charge in [0.15, 0.2) is 0 Å². The molecule has 1 aromatic carbocycles. The van der Waals surface area contributed by atoms with E-state index in [-0.39, 0.29) is 20.4 Å². The number of benzene rings is 1. The van der Waals surface area contributed by atoms with Gasteiger partial charge in [0, 0.05) is 0 Å². The predicted octanol–water partition coefficient (Wildman–Crippen LogP) is 3.50. The van der Waals surface area contributed by atoms with Gasteiger partial charge in [0.2, 0.25) is 0 Å². The number of fused-ring (bicyclic) bond motifs is 1. The van der Waals surface area contributed by atoms with E-state index in [1.165, 1.54) is 5.39 Å². The van der Waals surface area contributed by atoms with Crippen LogP contribution in [0.25, 0.3) is 8.79 Å². The molecule has 74 valence electrons. The molecule has 0 bridgehead atoms. The summed E-state index contributed by atoms with van der Waals surface area (Å²) in [5.74, 6) is 0. The van der Waals surface area contributed by atoms with Gasteiger partial charge in [-0.3, -0.25) is 0 Å². The van der Waals surface area contributed by atoms with Gasteiger partial charge in [0.25, 0.3) is 0 Å². The van der Waals surface area contributed by atoms with Crippen LogP contribution >= 0.6 is 0 Å². The molecule has 0 saturated carbocycles. The SMILES string of the molecule is Cc1[te]c2ccccc2c1C(C)(C)C. The molecule has 0 fully saturated rings. The molecule has 0 unspecified atom stereocenters. The van der Waals surface area contributed by atoms with Gasteiger partial charge in [-0.25, -0.2) is 0 Å². The Balaban J connectivity index is 2.81. The van der Waals surface area contributed by atoms with Gasteiger partial charge in [0.05, 0.1) is 0 Å². The van der Waals surface area contributed by atoms with Crippen molar-refractivity contribution in [1.82, 2.24) is 0 Å². The summed E-state index contributed by atoms with van der Waals surface area (Å²) in [5, 5.41) is 1.53. The molecule has 1 heterocycles. The van der Waals surface area contributed by atoms with Gasteiger partial charge in [-0.1, -0.05) is 0 Å². The summed E-state index contributed by atoms with van der Waals surface area (Å²) < 4.78 is 3.30. The summed E-state index contributed by atoms with van der Waals surface area (Å²) in [5.41, 5.74) is 1.91. The Hall–Kier alpha value is -0.250. The summed E-state index contributed by atoms with van der Waals surface area (Å²) in [6.45, 7) is 9.28. The zero-order valence-corrected chi connectivity index (χ0v) is 11.5. The standard InChI is InChI=1S/C13H16Te/c1-9-12(13(2,3)4)10-7-5-6-8-11(10)14-9/h5-8H,1-4H3. The van der Waals surface area contributed by atoms with E-state index < -0.39 is 0 Å². The minimum absolute atomic E-state index is 0.0502. The molecule has 0 saturated heterocycles. The fourth-order valence-electron chi connectivity index (χ4n) is 2.10. The maximum absolute atomic E-state index is 2.32. The second kappa shape index (κ2) is 3.40. The second-order valence-electron chi connectivity index (χ2n) is 4.78. The minimum atomic E-state index is -0.0502. The van der Waals surface area contributed by atoms with Gasteiger partial charge in [-0.15, -0.1) is 0 Å². The zero-order chi connectivity index (χ0) is 10.3. The van der Waals surface area contributed by atoms with Crippen molar-refractivity contribution in [2.75, 3.05) is 0 Å². The van der Waals surface area contributed by atoms with E-state index >= 15 is 0 Å². The molecule has 1 heteroatoms. The van der Waals surface area contributed by atoms with Crippen LogP contribution in [0.5, 0.6) is 0 Å². The number of rotatable bonds is 0. The third kappa shape index (κ3) is 1.64. The van der Waals surface area contributed by atoms with Crippen molar-refractivity contribution in [3.63, 3.8) is 0 Å². The topological polar surface area (TPSA) is 0 Å². The third-order valence-corrected chi connectivity index (χ3v) is 5.62. The Morgan fingerprint density at radius 2 is 1.71 bits per heavy atom. The first-order valence-corrected chi connectivity index (χ1v) is 7.32.